The van der Waals surface area contributed by atoms with E-state index in [1.807, 2.05) is 0 Å². The number of benzene rings is 1. The summed E-state index contributed by atoms with van der Waals surface area (Å²) in [5.41, 5.74) is 0.370. The Balaban J connectivity index is 3.02. The summed E-state index contributed by atoms with van der Waals surface area (Å²) in [6, 6.07) is 5.01. The van der Waals surface area contributed by atoms with Crippen LogP contribution in [0, 0.1) is 12.3 Å². The first kappa shape index (κ1) is 14.7. The number of hydrogen-bond donors (Lipinski definition) is 1. The molecule has 0 aliphatic heterocycles. The molecule has 0 unspecified atom stereocenters. The third kappa shape index (κ3) is 3.86. The lowest BCUT2D eigenvalue weighted by Crippen LogP contribution is -2.36. The molecular formula is C12H9Br2NO3. The summed E-state index contributed by atoms with van der Waals surface area (Å²) in [5.74, 6) is 0.746. The average Bonchev–Trinajstić information content (AvgIpc) is 2.27. The average molecular weight is 375 g/mol. The normalized spacial score (nSPS) is 9.61. The molecule has 0 saturated heterocycles. The smallest absolute Gasteiger partial charge is 0.323 e. The molecule has 1 amide bonds. The van der Waals surface area contributed by atoms with Crippen molar-refractivity contribution >= 4 is 43.7 Å². The van der Waals surface area contributed by atoms with E-state index >= 15 is 0 Å². The Labute approximate surface area is 121 Å². The maximum Gasteiger partial charge on any atom is 0.323 e. The van der Waals surface area contributed by atoms with Crippen molar-refractivity contribution in [2.75, 3.05) is 13.1 Å². The molecule has 0 radical (unpaired) electrons. The summed E-state index contributed by atoms with van der Waals surface area (Å²) in [6.07, 6.45) is 5.13. The highest BCUT2D eigenvalue weighted by molar-refractivity contribution is 9.11. The topological polar surface area (TPSA) is 57.6 Å². The van der Waals surface area contributed by atoms with Gasteiger partial charge in [0.15, 0.2) is 0 Å². The number of hydrogen-bond acceptors (Lipinski definition) is 2. The Bertz CT molecular complexity index is 523. The first-order valence-corrected chi connectivity index (χ1v) is 6.44. The molecule has 0 bridgehead atoms. The largest absolute Gasteiger partial charge is 0.480 e. The van der Waals surface area contributed by atoms with Crippen LogP contribution in [0.25, 0.3) is 0 Å². The standard InChI is InChI=1S/C12H9Br2NO3/c1-2-5-15(7-11(16)17)12(18)9-4-3-8(13)6-10(9)14/h1,3-4,6H,5,7H2,(H,16,17). The van der Waals surface area contributed by atoms with Crippen molar-refractivity contribution in [2.24, 2.45) is 0 Å². The first-order valence-electron chi connectivity index (χ1n) is 4.85. The van der Waals surface area contributed by atoms with Crippen LogP contribution in [0.4, 0.5) is 0 Å². The summed E-state index contributed by atoms with van der Waals surface area (Å²) in [4.78, 5) is 23.9. The molecule has 0 aliphatic carbocycles. The predicted molar refractivity (Wildman–Crippen MR) is 74.2 cm³/mol. The van der Waals surface area contributed by atoms with Crippen LogP contribution < -0.4 is 0 Å². The highest BCUT2D eigenvalue weighted by atomic mass is 79.9. The Hall–Kier alpha value is -1.32. The molecule has 6 heteroatoms. The van der Waals surface area contributed by atoms with Crippen molar-refractivity contribution in [2.45, 2.75) is 0 Å². The van der Waals surface area contributed by atoms with E-state index in [0.717, 1.165) is 9.37 Å². The van der Waals surface area contributed by atoms with Gasteiger partial charge in [-0.1, -0.05) is 21.9 Å². The zero-order valence-corrected chi connectivity index (χ0v) is 12.4. The third-order valence-corrected chi connectivity index (χ3v) is 3.21. The van der Waals surface area contributed by atoms with E-state index in [2.05, 4.69) is 37.8 Å². The quantitative estimate of drug-likeness (QED) is 0.823. The molecule has 1 aromatic carbocycles. The highest BCUT2D eigenvalue weighted by Crippen LogP contribution is 2.23. The molecule has 1 rings (SSSR count). The van der Waals surface area contributed by atoms with Crippen LogP contribution in [-0.2, 0) is 4.79 Å². The number of halogens is 2. The summed E-state index contributed by atoms with van der Waals surface area (Å²) in [7, 11) is 0. The molecule has 0 heterocycles. The maximum absolute atomic E-state index is 12.1. The van der Waals surface area contributed by atoms with E-state index < -0.39 is 18.4 Å². The van der Waals surface area contributed by atoms with Gasteiger partial charge in [0.25, 0.3) is 5.91 Å². The van der Waals surface area contributed by atoms with Crippen LogP contribution in [0.3, 0.4) is 0 Å². The molecule has 0 aliphatic rings. The molecule has 0 fully saturated rings. The lowest BCUT2D eigenvalue weighted by atomic mass is 10.2. The Morgan fingerprint density at radius 1 is 1.39 bits per heavy atom. The molecule has 0 atom stereocenters. The SMILES string of the molecule is C#CCN(CC(=O)O)C(=O)c1ccc(Br)cc1Br. The van der Waals surface area contributed by atoms with Gasteiger partial charge < -0.3 is 10.0 Å². The second kappa shape index (κ2) is 6.57. The van der Waals surface area contributed by atoms with Crippen molar-refractivity contribution in [1.82, 2.24) is 4.90 Å². The van der Waals surface area contributed by atoms with Gasteiger partial charge in [0, 0.05) is 8.95 Å². The van der Waals surface area contributed by atoms with Crippen LogP contribution >= 0.6 is 31.9 Å². The van der Waals surface area contributed by atoms with E-state index in [-0.39, 0.29) is 6.54 Å². The van der Waals surface area contributed by atoms with Gasteiger partial charge in [-0.2, -0.15) is 0 Å². The van der Waals surface area contributed by atoms with Crippen molar-refractivity contribution < 1.29 is 14.7 Å². The minimum Gasteiger partial charge on any atom is -0.480 e. The zero-order chi connectivity index (χ0) is 13.7. The minimum atomic E-state index is -1.10. The number of terminal acetylenes is 1. The molecule has 18 heavy (non-hydrogen) atoms. The van der Waals surface area contributed by atoms with Gasteiger partial charge in [-0.25, -0.2) is 0 Å². The van der Waals surface area contributed by atoms with Crippen LogP contribution in [-0.4, -0.2) is 35.0 Å². The van der Waals surface area contributed by atoms with Crippen LogP contribution in [0.1, 0.15) is 10.4 Å². The Morgan fingerprint density at radius 3 is 2.56 bits per heavy atom. The first-order chi connectivity index (χ1) is 8.45. The van der Waals surface area contributed by atoms with Crippen LogP contribution in [0.2, 0.25) is 0 Å². The number of rotatable bonds is 4. The lowest BCUT2D eigenvalue weighted by Gasteiger charge is -2.18. The van der Waals surface area contributed by atoms with Gasteiger partial charge in [0.2, 0.25) is 0 Å². The number of carbonyl (C=O) groups excluding carboxylic acids is 1. The summed E-state index contributed by atoms with van der Waals surface area (Å²) in [6.45, 7) is -0.473. The van der Waals surface area contributed by atoms with Gasteiger partial charge in [-0.05, 0) is 34.1 Å². The van der Waals surface area contributed by atoms with Crippen molar-refractivity contribution in [3.8, 4) is 12.3 Å². The third-order valence-electron chi connectivity index (χ3n) is 2.06. The van der Waals surface area contributed by atoms with E-state index in [0.29, 0.717) is 10.0 Å². The lowest BCUT2D eigenvalue weighted by molar-refractivity contribution is -0.137. The number of nitrogens with zero attached hydrogens (tertiary/aromatic N) is 1. The van der Waals surface area contributed by atoms with E-state index in [4.69, 9.17) is 11.5 Å². The number of aliphatic carboxylic acids is 1. The number of amides is 1. The van der Waals surface area contributed by atoms with Gasteiger partial charge >= 0.3 is 5.97 Å². The molecule has 1 N–H and O–H groups in total. The molecule has 94 valence electrons. The molecular weight excluding hydrogens is 366 g/mol. The summed E-state index contributed by atoms with van der Waals surface area (Å²) < 4.78 is 1.39. The second-order valence-electron chi connectivity index (χ2n) is 3.38. The molecule has 4 nitrogen and oxygen atoms in total. The number of carboxylic acids is 1. The molecule has 0 aromatic heterocycles. The predicted octanol–water partition coefficient (Wildman–Crippen LogP) is 2.37. The monoisotopic (exact) mass is 373 g/mol. The number of carboxylic acid groups (broad SMARTS) is 1. The van der Waals surface area contributed by atoms with Crippen LogP contribution in [0.15, 0.2) is 27.1 Å². The minimum absolute atomic E-state index is 0.0480. The van der Waals surface area contributed by atoms with Gasteiger partial charge in [0.05, 0.1) is 12.1 Å². The fourth-order valence-electron chi connectivity index (χ4n) is 1.31. The van der Waals surface area contributed by atoms with E-state index in [1.165, 1.54) is 0 Å². The molecule has 0 saturated carbocycles. The zero-order valence-electron chi connectivity index (χ0n) is 9.19. The van der Waals surface area contributed by atoms with E-state index in [1.54, 1.807) is 18.2 Å². The van der Waals surface area contributed by atoms with Crippen molar-refractivity contribution in [3.63, 3.8) is 0 Å². The summed E-state index contributed by atoms with van der Waals surface area (Å²) in [5, 5.41) is 8.74. The molecule has 0 spiro atoms. The second-order valence-corrected chi connectivity index (χ2v) is 5.15. The van der Waals surface area contributed by atoms with Gasteiger partial charge in [0.1, 0.15) is 6.54 Å². The van der Waals surface area contributed by atoms with Crippen LogP contribution in [0.5, 0.6) is 0 Å². The number of carbonyl (C=O) groups is 2. The maximum atomic E-state index is 12.1. The summed E-state index contributed by atoms with van der Waals surface area (Å²) >= 11 is 6.53. The van der Waals surface area contributed by atoms with Gasteiger partial charge in [-0.3, -0.25) is 9.59 Å². The Kier molecular flexibility index (Phi) is 5.38. The molecule has 1 aromatic rings. The highest BCUT2D eigenvalue weighted by Gasteiger charge is 2.19. The van der Waals surface area contributed by atoms with Crippen molar-refractivity contribution in [1.29, 1.82) is 0 Å². The van der Waals surface area contributed by atoms with Gasteiger partial charge in [-0.15, -0.1) is 6.42 Å². The Morgan fingerprint density at radius 2 is 2.06 bits per heavy atom. The fourth-order valence-corrected chi connectivity index (χ4v) is 2.52. The fraction of sp³-hybridized carbons (Fsp3) is 0.167. The van der Waals surface area contributed by atoms with E-state index in [9.17, 15) is 9.59 Å². The van der Waals surface area contributed by atoms with Crippen molar-refractivity contribution in [3.05, 3.63) is 32.7 Å².